The Bertz CT molecular complexity index is 1200. The number of nitrogens with zero attached hydrogens (tertiary/aromatic N) is 3. The molecule has 160 valence electrons. The average Bonchev–Trinajstić information content (AvgIpc) is 3.04. The van der Waals surface area contributed by atoms with Crippen molar-refractivity contribution < 1.29 is 17.9 Å². The topological polar surface area (TPSA) is 121 Å². The number of nitrogens with one attached hydrogen (secondary N) is 2. The van der Waals surface area contributed by atoms with Gasteiger partial charge in [0.05, 0.1) is 22.6 Å². The van der Waals surface area contributed by atoms with E-state index in [2.05, 4.69) is 25.3 Å². The first kappa shape index (κ1) is 21.0. The molecule has 2 unspecified atom stereocenters. The van der Waals surface area contributed by atoms with E-state index in [0.717, 1.165) is 12.5 Å². The fourth-order valence-corrected chi connectivity index (χ4v) is 5.43. The van der Waals surface area contributed by atoms with Crippen molar-refractivity contribution in [3.8, 4) is 11.4 Å². The minimum absolute atomic E-state index is 0.00190. The van der Waals surface area contributed by atoms with Gasteiger partial charge in [-0.3, -0.25) is 0 Å². The van der Waals surface area contributed by atoms with E-state index in [1.165, 1.54) is 6.20 Å². The third-order valence-corrected chi connectivity index (χ3v) is 6.44. The van der Waals surface area contributed by atoms with Gasteiger partial charge in [0.25, 0.3) is 0 Å². The Morgan fingerprint density at radius 3 is 2.97 bits per heavy atom. The monoisotopic (exact) mass is 453 g/mol. The maximum Gasteiger partial charge on any atom is 0.183 e. The van der Waals surface area contributed by atoms with Crippen molar-refractivity contribution in [3.05, 3.63) is 35.5 Å². The lowest BCUT2D eigenvalue weighted by molar-refractivity contribution is 0.0214. The van der Waals surface area contributed by atoms with Crippen molar-refractivity contribution >= 4 is 38.3 Å². The molecule has 0 radical (unpaired) electrons. The van der Waals surface area contributed by atoms with Gasteiger partial charge in [-0.15, -0.1) is 0 Å². The molecule has 0 aliphatic heterocycles. The van der Waals surface area contributed by atoms with Crippen molar-refractivity contribution in [2.45, 2.75) is 37.3 Å². The Kier molecular flexibility index (Phi) is 5.41. The summed E-state index contributed by atoms with van der Waals surface area (Å²) in [7, 11) is -3.34. The van der Waals surface area contributed by atoms with E-state index in [-0.39, 0.29) is 29.9 Å². The van der Waals surface area contributed by atoms with Crippen LogP contribution in [0.3, 0.4) is 0 Å². The summed E-state index contributed by atoms with van der Waals surface area (Å²) < 4.78 is 37.7. The quantitative estimate of drug-likeness (QED) is 0.543. The standard InChI is InChI=1S/C19H21ClFN5O3S/c1-30(28,29)10-19(27)4-2-3-12(6-19)25-18-15(21)9-24-17(26-18)14-8-23-16-13(14)5-11(20)7-22-16/h5,7-9,12,27H,2-4,6,10H2,1H3,(H,22,23)(H,24,25,26). The van der Waals surface area contributed by atoms with Crippen LogP contribution in [0.15, 0.2) is 24.7 Å². The van der Waals surface area contributed by atoms with Crippen LogP contribution in [0.2, 0.25) is 5.02 Å². The summed E-state index contributed by atoms with van der Waals surface area (Å²) in [6, 6.07) is 1.41. The summed E-state index contributed by atoms with van der Waals surface area (Å²) in [4.78, 5) is 15.6. The number of rotatable bonds is 5. The zero-order valence-electron chi connectivity index (χ0n) is 16.2. The van der Waals surface area contributed by atoms with Crippen molar-refractivity contribution in [1.29, 1.82) is 0 Å². The van der Waals surface area contributed by atoms with Gasteiger partial charge in [0.2, 0.25) is 0 Å². The second-order valence-electron chi connectivity index (χ2n) is 7.87. The Morgan fingerprint density at radius 1 is 1.40 bits per heavy atom. The molecule has 1 saturated carbocycles. The van der Waals surface area contributed by atoms with Crippen LogP contribution < -0.4 is 5.32 Å². The fraction of sp³-hybridized carbons (Fsp3) is 0.421. The van der Waals surface area contributed by atoms with E-state index in [1.54, 1.807) is 12.3 Å². The van der Waals surface area contributed by atoms with Crippen LogP contribution in [-0.2, 0) is 9.84 Å². The van der Waals surface area contributed by atoms with E-state index in [0.29, 0.717) is 40.9 Å². The number of aliphatic hydroxyl groups is 1. The number of aromatic amines is 1. The summed E-state index contributed by atoms with van der Waals surface area (Å²) in [5.74, 6) is -0.667. The maximum atomic E-state index is 14.4. The minimum atomic E-state index is -3.34. The highest BCUT2D eigenvalue weighted by Crippen LogP contribution is 2.32. The van der Waals surface area contributed by atoms with Crippen molar-refractivity contribution in [3.63, 3.8) is 0 Å². The van der Waals surface area contributed by atoms with E-state index in [4.69, 9.17) is 11.6 Å². The Hall–Kier alpha value is -2.30. The fourth-order valence-electron chi connectivity index (χ4n) is 4.04. The molecule has 3 aromatic rings. The normalized spacial score (nSPS) is 22.3. The minimum Gasteiger partial charge on any atom is -0.389 e. The third-order valence-electron chi connectivity index (χ3n) is 5.18. The highest BCUT2D eigenvalue weighted by atomic mass is 35.5. The molecule has 0 aromatic carbocycles. The molecule has 8 nitrogen and oxygen atoms in total. The Morgan fingerprint density at radius 2 is 2.20 bits per heavy atom. The smallest absolute Gasteiger partial charge is 0.183 e. The van der Waals surface area contributed by atoms with Gasteiger partial charge < -0.3 is 15.4 Å². The second-order valence-corrected chi connectivity index (χ2v) is 10.5. The van der Waals surface area contributed by atoms with Crippen molar-refractivity contribution in [1.82, 2.24) is 19.9 Å². The predicted octanol–water partition coefficient (Wildman–Crippen LogP) is 2.94. The van der Waals surface area contributed by atoms with Crippen LogP contribution in [0.1, 0.15) is 25.7 Å². The molecule has 0 saturated heterocycles. The van der Waals surface area contributed by atoms with Crippen molar-refractivity contribution in [2.24, 2.45) is 0 Å². The van der Waals surface area contributed by atoms with Gasteiger partial charge >= 0.3 is 0 Å². The SMILES string of the molecule is CS(=O)(=O)CC1(O)CCCC(Nc2nc(-c3c[nH]c4ncc(Cl)cc34)ncc2F)C1. The molecule has 0 bridgehead atoms. The Labute approximate surface area is 177 Å². The number of H-pyrrole nitrogens is 1. The summed E-state index contributed by atoms with van der Waals surface area (Å²) >= 11 is 6.04. The predicted molar refractivity (Wildman–Crippen MR) is 113 cm³/mol. The van der Waals surface area contributed by atoms with E-state index in [9.17, 15) is 17.9 Å². The van der Waals surface area contributed by atoms with Crippen LogP contribution >= 0.6 is 11.6 Å². The van der Waals surface area contributed by atoms with Gasteiger partial charge in [0.1, 0.15) is 15.5 Å². The molecule has 1 aliphatic rings. The van der Waals surface area contributed by atoms with Gasteiger partial charge in [-0.05, 0) is 31.7 Å². The Balaban J connectivity index is 1.60. The molecule has 2 atom stereocenters. The van der Waals surface area contributed by atoms with E-state index >= 15 is 0 Å². The molecule has 11 heteroatoms. The number of halogens is 2. The number of sulfone groups is 1. The maximum absolute atomic E-state index is 14.4. The van der Waals surface area contributed by atoms with Crippen LogP contribution in [0, 0.1) is 5.82 Å². The van der Waals surface area contributed by atoms with Gasteiger partial charge in [-0.25, -0.2) is 27.8 Å². The molecular formula is C19H21ClFN5O3S. The lowest BCUT2D eigenvalue weighted by Crippen LogP contribution is -2.45. The summed E-state index contributed by atoms with van der Waals surface area (Å²) in [5, 5.41) is 14.9. The van der Waals surface area contributed by atoms with E-state index < -0.39 is 21.3 Å². The third kappa shape index (κ3) is 4.55. The summed E-state index contributed by atoms with van der Waals surface area (Å²) in [6.07, 6.45) is 7.23. The molecular weight excluding hydrogens is 433 g/mol. The van der Waals surface area contributed by atoms with Gasteiger partial charge in [-0.2, -0.15) is 0 Å². The number of anilines is 1. The zero-order valence-corrected chi connectivity index (χ0v) is 17.8. The molecule has 0 amide bonds. The first-order valence-electron chi connectivity index (χ1n) is 9.44. The first-order chi connectivity index (χ1) is 14.1. The van der Waals surface area contributed by atoms with Crippen molar-refractivity contribution in [2.75, 3.05) is 17.3 Å². The highest BCUT2D eigenvalue weighted by molar-refractivity contribution is 7.90. The second kappa shape index (κ2) is 7.75. The molecule has 30 heavy (non-hydrogen) atoms. The molecule has 3 aromatic heterocycles. The van der Waals surface area contributed by atoms with Crippen LogP contribution in [0.25, 0.3) is 22.4 Å². The molecule has 3 heterocycles. The molecule has 0 spiro atoms. The lowest BCUT2D eigenvalue weighted by atomic mass is 9.83. The lowest BCUT2D eigenvalue weighted by Gasteiger charge is -2.36. The van der Waals surface area contributed by atoms with Crippen LogP contribution in [0.5, 0.6) is 0 Å². The van der Waals surface area contributed by atoms with Crippen LogP contribution in [-0.4, -0.2) is 57.1 Å². The molecule has 1 aliphatic carbocycles. The number of hydrogen-bond donors (Lipinski definition) is 3. The zero-order chi connectivity index (χ0) is 21.5. The van der Waals surface area contributed by atoms with Gasteiger partial charge in [-0.1, -0.05) is 11.6 Å². The number of hydrogen-bond acceptors (Lipinski definition) is 7. The first-order valence-corrected chi connectivity index (χ1v) is 11.9. The average molecular weight is 454 g/mol. The number of fused-ring (bicyclic) bond motifs is 1. The van der Waals surface area contributed by atoms with E-state index in [1.807, 2.05) is 0 Å². The largest absolute Gasteiger partial charge is 0.389 e. The molecule has 4 rings (SSSR count). The highest BCUT2D eigenvalue weighted by Gasteiger charge is 2.37. The number of aromatic nitrogens is 4. The molecule has 1 fully saturated rings. The molecule has 3 N–H and O–H groups in total. The summed E-state index contributed by atoms with van der Waals surface area (Å²) in [5.41, 5.74) is -0.107. The van der Waals surface area contributed by atoms with Gasteiger partial charge in [0.15, 0.2) is 17.5 Å². The van der Waals surface area contributed by atoms with Gasteiger partial charge in [0, 0.05) is 35.6 Å². The number of pyridine rings is 1. The summed E-state index contributed by atoms with van der Waals surface area (Å²) in [6.45, 7) is 0. The van der Waals surface area contributed by atoms with Crippen LogP contribution in [0.4, 0.5) is 10.2 Å².